The fourth-order valence-electron chi connectivity index (χ4n) is 1.82. The van der Waals surface area contributed by atoms with Crippen LogP contribution in [0, 0.1) is 0 Å². The smallest absolute Gasteiger partial charge is 0.263 e. The van der Waals surface area contributed by atoms with Gasteiger partial charge in [0.15, 0.2) is 11.4 Å². The Labute approximate surface area is 130 Å². The monoisotopic (exact) mass is 342 g/mol. The van der Waals surface area contributed by atoms with Crippen LogP contribution in [0.15, 0.2) is 51.9 Å². The van der Waals surface area contributed by atoms with Crippen molar-refractivity contribution in [3.63, 3.8) is 0 Å². The molecule has 0 saturated heterocycles. The number of sulfonamides is 1. The van der Waals surface area contributed by atoms with Crippen molar-refractivity contribution in [2.75, 3.05) is 4.72 Å². The maximum atomic E-state index is 12.3. The van der Waals surface area contributed by atoms with Crippen molar-refractivity contribution >= 4 is 50.0 Å². The number of hydrogen-bond acceptors (Lipinski definition) is 4. The van der Waals surface area contributed by atoms with E-state index in [0.717, 1.165) is 0 Å². The number of rotatable bonds is 3. The van der Waals surface area contributed by atoms with Gasteiger partial charge in [0.25, 0.3) is 10.0 Å². The highest BCUT2D eigenvalue weighted by Crippen LogP contribution is 2.31. The van der Waals surface area contributed by atoms with Crippen molar-refractivity contribution in [3.05, 3.63) is 52.5 Å². The van der Waals surface area contributed by atoms with Crippen molar-refractivity contribution in [1.29, 1.82) is 0 Å². The van der Waals surface area contributed by atoms with E-state index in [0.29, 0.717) is 21.0 Å². The van der Waals surface area contributed by atoms with Gasteiger partial charge in [-0.25, -0.2) is 8.42 Å². The molecule has 3 rings (SSSR count). The third kappa shape index (κ3) is 2.70. The molecule has 5 nitrogen and oxygen atoms in total. The van der Waals surface area contributed by atoms with E-state index in [1.54, 1.807) is 18.2 Å². The first-order valence-electron chi connectivity index (χ1n) is 5.80. The van der Waals surface area contributed by atoms with E-state index >= 15 is 0 Å². The van der Waals surface area contributed by atoms with E-state index in [-0.39, 0.29) is 10.7 Å². The van der Waals surface area contributed by atoms with Crippen LogP contribution in [0.1, 0.15) is 0 Å². The third-order valence-electron chi connectivity index (χ3n) is 2.80. The summed E-state index contributed by atoms with van der Waals surface area (Å²) in [6, 6.07) is 10.7. The number of anilines is 1. The lowest BCUT2D eigenvalue weighted by Crippen LogP contribution is -2.13. The lowest BCUT2D eigenvalue weighted by atomic mass is 10.2. The van der Waals surface area contributed by atoms with Crippen LogP contribution in [-0.2, 0) is 10.0 Å². The molecule has 8 heteroatoms. The molecular weight excluding hydrogens is 335 g/mol. The van der Waals surface area contributed by atoms with Crippen molar-refractivity contribution < 1.29 is 12.9 Å². The Hall–Kier alpha value is -1.76. The number of hydrogen-bond donors (Lipinski definition) is 1. The molecule has 1 aromatic heterocycles. The first-order chi connectivity index (χ1) is 9.97. The number of nitrogens with one attached hydrogen (secondary N) is 1. The molecule has 0 saturated carbocycles. The molecule has 0 aliphatic carbocycles. The highest BCUT2D eigenvalue weighted by molar-refractivity contribution is 7.92. The van der Waals surface area contributed by atoms with Gasteiger partial charge in [0.05, 0.1) is 15.3 Å². The van der Waals surface area contributed by atoms with Gasteiger partial charge in [0, 0.05) is 5.02 Å². The molecule has 21 heavy (non-hydrogen) atoms. The van der Waals surface area contributed by atoms with Crippen molar-refractivity contribution in [2.45, 2.75) is 4.90 Å². The van der Waals surface area contributed by atoms with Gasteiger partial charge in [0.1, 0.15) is 0 Å². The summed E-state index contributed by atoms with van der Waals surface area (Å²) in [6.07, 6.45) is 0. The second kappa shape index (κ2) is 5.22. The molecule has 108 valence electrons. The van der Waals surface area contributed by atoms with Gasteiger partial charge in [-0.2, -0.15) is 0 Å². The number of benzene rings is 2. The number of fused-ring (bicyclic) bond motifs is 1. The number of aromatic nitrogens is 1. The summed E-state index contributed by atoms with van der Waals surface area (Å²) in [5.41, 5.74) is 0.399. The van der Waals surface area contributed by atoms with E-state index in [2.05, 4.69) is 9.88 Å². The topological polar surface area (TPSA) is 72.2 Å². The van der Waals surface area contributed by atoms with E-state index in [1.807, 2.05) is 0 Å². The van der Waals surface area contributed by atoms with Crippen molar-refractivity contribution in [3.8, 4) is 0 Å². The van der Waals surface area contributed by atoms with Gasteiger partial charge in [-0.15, -0.1) is 0 Å². The predicted molar refractivity (Wildman–Crippen MR) is 81.3 cm³/mol. The summed E-state index contributed by atoms with van der Waals surface area (Å²) >= 11 is 11.8. The fraction of sp³-hybridized carbons (Fsp3) is 0. The van der Waals surface area contributed by atoms with Crippen molar-refractivity contribution in [2.24, 2.45) is 0 Å². The molecule has 0 spiro atoms. The van der Waals surface area contributed by atoms with Crippen LogP contribution in [0.2, 0.25) is 10.0 Å². The summed E-state index contributed by atoms with van der Waals surface area (Å²) < 4.78 is 32.0. The number of halogens is 2. The minimum absolute atomic E-state index is 0.0468. The minimum atomic E-state index is -3.80. The van der Waals surface area contributed by atoms with E-state index in [4.69, 9.17) is 27.7 Å². The van der Waals surface area contributed by atoms with Crippen molar-refractivity contribution in [1.82, 2.24) is 5.16 Å². The molecular formula is C13H8Cl2N2O3S. The fourth-order valence-corrected chi connectivity index (χ4v) is 3.21. The van der Waals surface area contributed by atoms with Gasteiger partial charge in [-0.3, -0.25) is 4.72 Å². The van der Waals surface area contributed by atoms with Gasteiger partial charge in [0.2, 0.25) is 0 Å². The molecule has 0 radical (unpaired) electrons. The van der Waals surface area contributed by atoms with Crippen LogP contribution >= 0.6 is 23.2 Å². The van der Waals surface area contributed by atoms with Crippen LogP contribution in [0.3, 0.4) is 0 Å². The van der Waals surface area contributed by atoms with Crippen LogP contribution in [0.5, 0.6) is 0 Å². The highest BCUT2D eigenvalue weighted by atomic mass is 35.5. The molecule has 3 aromatic rings. The SMILES string of the molecule is O=S(=O)(Nc1noc2cccc(Cl)c12)c1ccc(Cl)cc1. The predicted octanol–water partition coefficient (Wildman–Crippen LogP) is 3.94. The van der Waals surface area contributed by atoms with Crippen LogP contribution in [0.25, 0.3) is 11.0 Å². The zero-order chi connectivity index (χ0) is 15.0. The Balaban J connectivity index is 2.03. The zero-order valence-electron chi connectivity index (χ0n) is 10.4. The van der Waals surface area contributed by atoms with Crippen LogP contribution in [0.4, 0.5) is 5.82 Å². The molecule has 0 amide bonds. The molecule has 1 heterocycles. The molecule has 1 N–H and O–H groups in total. The van der Waals surface area contributed by atoms with E-state index in [9.17, 15) is 8.42 Å². The first kappa shape index (κ1) is 14.2. The normalized spacial score (nSPS) is 11.7. The van der Waals surface area contributed by atoms with E-state index < -0.39 is 10.0 Å². The second-order valence-corrected chi connectivity index (χ2v) is 6.73. The highest BCUT2D eigenvalue weighted by Gasteiger charge is 2.19. The van der Waals surface area contributed by atoms with Gasteiger partial charge in [-0.1, -0.05) is 34.4 Å². The molecule has 0 atom stereocenters. The van der Waals surface area contributed by atoms with Gasteiger partial charge >= 0.3 is 0 Å². The molecule has 0 unspecified atom stereocenters. The molecule has 0 bridgehead atoms. The quantitative estimate of drug-likeness (QED) is 0.782. The Morgan fingerprint density at radius 2 is 1.76 bits per heavy atom. The Morgan fingerprint density at radius 1 is 1.05 bits per heavy atom. The van der Waals surface area contributed by atoms with Crippen LogP contribution < -0.4 is 4.72 Å². The lowest BCUT2D eigenvalue weighted by molar-refractivity contribution is 0.460. The standard InChI is InChI=1S/C13H8Cl2N2O3S/c14-8-4-6-9(7-5-8)21(18,19)17-13-12-10(15)2-1-3-11(12)20-16-13/h1-7H,(H,16,17). The molecule has 0 fully saturated rings. The van der Waals surface area contributed by atoms with Crippen LogP contribution in [-0.4, -0.2) is 13.6 Å². The van der Waals surface area contributed by atoms with Gasteiger partial charge < -0.3 is 4.52 Å². The molecule has 2 aromatic carbocycles. The first-order valence-corrected chi connectivity index (χ1v) is 8.03. The summed E-state index contributed by atoms with van der Waals surface area (Å²) in [6.45, 7) is 0. The summed E-state index contributed by atoms with van der Waals surface area (Å²) in [5, 5.41) is 4.92. The second-order valence-electron chi connectivity index (χ2n) is 4.20. The Kier molecular flexibility index (Phi) is 3.52. The summed E-state index contributed by atoms with van der Waals surface area (Å²) in [4.78, 5) is 0.0649. The largest absolute Gasteiger partial charge is 0.354 e. The summed E-state index contributed by atoms with van der Waals surface area (Å²) in [5.74, 6) is 0.0468. The molecule has 0 aliphatic heterocycles. The summed E-state index contributed by atoms with van der Waals surface area (Å²) in [7, 11) is -3.80. The average molecular weight is 343 g/mol. The Morgan fingerprint density at radius 3 is 2.48 bits per heavy atom. The third-order valence-corrected chi connectivity index (χ3v) is 4.72. The minimum Gasteiger partial charge on any atom is -0.354 e. The molecule has 0 aliphatic rings. The maximum absolute atomic E-state index is 12.3. The Bertz CT molecular complexity index is 905. The maximum Gasteiger partial charge on any atom is 0.263 e. The van der Waals surface area contributed by atoms with E-state index in [1.165, 1.54) is 24.3 Å². The zero-order valence-corrected chi connectivity index (χ0v) is 12.7. The number of nitrogens with zero attached hydrogens (tertiary/aromatic N) is 1. The lowest BCUT2D eigenvalue weighted by Gasteiger charge is -2.05. The average Bonchev–Trinajstić information content (AvgIpc) is 2.83. The van der Waals surface area contributed by atoms with Gasteiger partial charge in [-0.05, 0) is 36.4 Å².